The van der Waals surface area contributed by atoms with Crippen LogP contribution in [0.2, 0.25) is 5.02 Å². The standard InChI is InChI=1S/C23H27ClN2O5S/c1-30-17-7-10-22(31-2)19(13-17)20-14-26(15-21(20)23(27)25-11-3-4-12-25)32(28,29)18-8-5-16(24)6-9-18/h5-10,13,20-21H,3-4,11-12,14-15H2,1-2H3/t20-,21+/m0/s1. The Morgan fingerprint density at radius 3 is 2.31 bits per heavy atom. The topological polar surface area (TPSA) is 76.1 Å². The van der Waals surface area contributed by atoms with Gasteiger partial charge < -0.3 is 14.4 Å². The molecule has 4 rings (SSSR count). The maximum Gasteiger partial charge on any atom is 0.243 e. The predicted molar refractivity (Wildman–Crippen MR) is 122 cm³/mol. The second-order valence-corrected chi connectivity index (χ2v) is 10.5. The summed E-state index contributed by atoms with van der Waals surface area (Å²) in [6.45, 7) is 1.71. The van der Waals surface area contributed by atoms with Crippen molar-refractivity contribution in [3.05, 3.63) is 53.1 Å². The molecule has 0 N–H and O–H groups in total. The Hall–Kier alpha value is -2.29. The lowest BCUT2D eigenvalue weighted by molar-refractivity contribution is -0.134. The number of rotatable bonds is 6. The van der Waals surface area contributed by atoms with Crippen molar-refractivity contribution < 1.29 is 22.7 Å². The van der Waals surface area contributed by atoms with Crippen LogP contribution in [0.1, 0.15) is 24.3 Å². The van der Waals surface area contributed by atoms with Crippen LogP contribution in [0.3, 0.4) is 0 Å². The molecule has 2 heterocycles. The zero-order valence-electron chi connectivity index (χ0n) is 18.2. The normalized spacial score (nSPS) is 21.7. The Bertz CT molecular complexity index is 1080. The van der Waals surface area contributed by atoms with Crippen LogP contribution in [-0.2, 0) is 14.8 Å². The minimum Gasteiger partial charge on any atom is -0.497 e. The molecular weight excluding hydrogens is 452 g/mol. The Morgan fingerprint density at radius 1 is 1.00 bits per heavy atom. The van der Waals surface area contributed by atoms with E-state index < -0.39 is 15.9 Å². The largest absolute Gasteiger partial charge is 0.497 e. The number of nitrogens with zero attached hydrogens (tertiary/aromatic N) is 2. The van der Waals surface area contributed by atoms with Crippen molar-refractivity contribution in [2.45, 2.75) is 23.7 Å². The summed E-state index contributed by atoms with van der Waals surface area (Å²) in [6.07, 6.45) is 1.94. The van der Waals surface area contributed by atoms with Crippen molar-refractivity contribution in [3.8, 4) is 11.5 Å². The summed E-state index contributed by atoms with van der Waals surface area (Å²) in [5, 5.41) is 0.464. The van der Waals surface area contributed by atoms with Crippen LogP contribution in [0.25, 0.3) is 0 Å². The fourth-order valence-corrected chi connectivity index (χ4v) is 6.20. The van der Waals surface area contributed by atoms with Gasteiger partial charge in [0, 0.05) is 42.7 Å². The SMILES string of the molecule is COc1ccc(OC)c([C@@H]2CN(S(=O)(=O)c3ccc(Cl)cc3)C[C@H]2C(=O)N2CCCC2)c1. The third-order valence-corrected chi connectivity index (χ3v) is 8.41. The Balaban J connectivity index is 1.73. The molecule has 0 radical (unpaired) electrons. The summed E-state index contributed by atoms with van der Waals surface area (Å²) in [4.78, 5) is 15.5. The third kappa shape index (κ3) is 4.31. The number of amides is 1. The summed E-state index contributed by atoms with van der Waals surface area (Å²) in [5.74, 6) is 0.380. The lowest BCUT2D eigenvalue weighted by Gasteiger charge is -2.25. The number of halogens is 1. The van der Waals surface area contributed by atoms with Crippen molar-refractivity contribution in [3.63, 3.8) is 0 Å². The van der Waals surface area contributed by atoms with Crippen LogP contribution in [-0.4, -0.2) is 63.9 Å². The number of ether oxygens (including phenoxy) is 2. The first-order chi connectivity index (χ1) is 15.3. The van der Waals surface area contributed by atoms with Gasteiger partial charge in [0.15, 0.2) is 0 Å². The number of likely N-dealkylation sites (tertiary alicyclic amines) is 1. The van der Waals surface area contributed by atoms with Crippen molar-refractivity contribution in [1.82, 2.24) is 9.21 Å². The second kappa shape index (κ2) is 9.29. The monoisotopic (exact) mass is 478 g/mol. The molecule has 2 saturated heterocycles. The molecular formula is C23H27ClN2O5S. The van der Waals surface area contributed by atoms with Gasteiger partial charge in [0.05, 0.1) is 25.0 Å². The van der Waals surface area contributed by atoms with Gasteiger partial charge in [-0.3, -0.25) is 4.79 Å². The number of sulfonamides is 1. The minimum absolute atomic E-state index is 0.00817. The molecule has 1 amide bonds. The first kappa shape index (κ1) is 22.9. The summed E-state index contributed by atoms with van der Waals surface area (Å²) < 4.78 is 39.1. The highest BCUT2D eigenvalue weighted by Gasteiger charge is 2.46. The van der Waals surface area contributed by atoms with E-state index in [-0.39, 0.29) is 29.8 Å². The van der Waals surface area contributed by atoms with Crippen LogP contribution in [0, 0.1) is 5.92 Å². The van der Waals surface area contributed by atoms with E-state index in [1.54, 1.807) is 38.5 Å². The maximum atomic E-state index is 13.5. The first-order valence-corrected chi connectivity index (χ1v) is 12.4. The number of carbonyl (C=O) groups excluding carboxylic acids is 1. The van der Waals surface area contributed by atoms with Crippen molar-refractivity contribution >= 4 is 27.5 Å². The molecule has 2 atom stereocenters. The van der Waals surface area contributed by atoms with Gasteiger partial charge in [0.1, 0.15) is 11.5 Å². The lowest BCUT2D eigenvalue weighted by atomic mass is 9.87. The molecule has 2 aromatic rings. The number of hydrogen-bond donors (Lipinski definition) is 0. The molecule has 7 nitrogen and oxygen atoms in total. The minimum atomic E-state index is -3.79. The van der Waals surface area contributed by atoms with Crippen LogP contribution < -0.4 is 9.47 Å². The number of benzene rings is 2. The fraction of sp³-hybridized carbons (Fsp3) is 0.435. The number of carbonyl (C=O) groups is 1. The van der Waals surface area contributed by atoms with E-state index in [9.17, 15) is 13.2 Å². The van der Waals surface area contributed by atoms with Crippen molar-refractivity contribution in [2.24, 2.45) is 5.92 Å². The summed E-state index contributed by atoms with van der Waals surface area (Å²) in [6, 6.07) is 11.5. The van der Waals surface area contributed by atoms with E-state index in [1.165, 1.54) is 16.4 Å². The zero-order chi connectivity index (χ0) is 22.9. The van der Waals surface area contributed by atoms with Gasteiger partial charge in [-0.15, -0.1) is 0 Å². The van der Waals surface area contributed by atoms with E-state index in [0.717, 1.165) is 18.4 Å². The van der Waals surface area contributed by atoms with Gasteiger partial charge in [-0.2, -0.15) is 4.31 Å². The van der Waals surface area contributed by atoms with Crippen LogP contribution in [0.5, 0.6) is 11.5 Å². The molecule has 2 aromatic carbocycles. The van der Waals surface area contributed by atoms with Gasteiger partial charge in [-0.25, -0.2) is 8.42 Å². The Labute approximate surface area is 193 Å². The van der Waals surface area contributed by atoms with E-state index in [0.29, 0.717) is 29.6 Å². The molecule has 0 saturated carbocycles. The molecule has 0 aliphatic carbocycles. The van der Waals surface area contributed by atoms with Gasteiger partial charge in [-0.05, 0) is 55.3 Å². The molecule has 172 valence electrons. The van der Waals surface area contributed by atoms with E-state index >= 15 is 0 Å². The lowest BCUT2D eigenvalue weighted by Crippen LogP contribution is -2.37. The summed E-state index contributed by atoms with van der Waals surface area (Å²) in [5.41, 5.74) is 0.776. The molecule has 0 aromatic heterocycles. The average molecular weight is 479 g/mol. The number of methoxy groups -OCH3 is 2. The highest BCUT2D eigenvalue weighted by atomic mass is 35.5. The third-order valence-electron chi connectivity index (χ3n) is 6.31. The Morgan fingerprint density at radius 2 is 1.69 bits per heavy atom. The molecule has 9 heteroatoms. The van der Waals surface area contributed by atoms with E-state index in [2.05, 4.69) is 0 Å². The predicted octanol–water partition coefficient (Wildman–Crippen LogP) is 3.38. The summed E-state index contributed by atoms with van der Waals surface area (Å²) >= 11 is 5.94. The Kier molecular flexibility index (Phi) is 6.65. The molecule has 0 unspecified atom stereocenters. The highest BCUT2D eigenvalue weighted by Crippen LogP contribution is 2.42. The van der Waals surface area contributed by atoms with Crippen LogP contribution >= 0.6 is 11.6 Å². The van der Waals surface area contributed by atoms with E-state index in [1.807, 2.05) is 11.0 Å². The van der Waals surface area contributed by atoms with Gasteiger partial charge >= 0.3 is 0 Å². The first-order valence-electron chi connectivity index (χ1n) is 10.6. The van der Waals surface area contributed by atoms with E-state index in [4.69, 9.17) is 21.1 Å². The molecule has 2 aliphatic rings. The smallest absolute Gasteiger partial charge is 0.243 e. The molecule has 0 spiro atoms. The van der Waals surface area contributed by atoms with Gasteiger partial charge in [0.25, 0.3) is 0 Å². The quantitative estimate of drug-likeness (QED) is 0.636. The molecule has 2 fully saturated rings. The van der Waals surface area contributed by atoms with Crippen LogP contribution in [0.4, 0.5) is 0 Å². The summed E-state index contributed by atoms with van der Waals surface area (Å²) in [7, 11) is -0.647. The number of hydrogen-bond acceptors (Lipinski definition) is 5. The average Bonchev–Trinajstić information content (AvgIpc) is 3.49. The van der Waals surface area contributed by atoms with Crippen molar-refractivity contribution in [1.29, 1.82) is 0 Å². The van der Waals surface area contributed by atoms with Crippen molar-refractivity contribution in [2.75, 3.05) is 40.4 Å². The fourth-order valence-electron chi connectivity index (χ4n) is 4.59. The maximum absolute atomic E-state index is 13.5. The zero-order valence-corrected chi connectivity index (χ0v) is 19.7. The van der Waals surface area contributed by atoms with Crippen LogP contribution in [0.15, 0.2) is 47.4 Å². The molecule has 2 aliphatic heterocycles. The van der Waals surface area contributed by atoms with Gasteiger partial charge in [-0.1, -0.05) is 11.6 Å². The molecule has 32 heavy (non-hydrogen) atoms. The van der Waals surface area contributed by atoms with Gasteiger partial charge in [0.2, 0.25) is 15.9 Å². The highest BCUT2D eigenvalue weighted by molar-refractivity contribution is 7.89. The molecule has 0 bridgehead atoms. The second-order valence-electron chi connectivity index (χ2n) is 8.13.